The average Bonchev–Trinajstić information content (AvgIpc) is 3.13. The molecule has 1 aliphatic heterocycles. The highest BCUT2D eigenvalue weighted by atomic mass is 35.5. The zero-order chi connectivity index (χ0) is 17.6. The number of carbonyl (C=O) groups excluding carboxylic acids is 1. The molecule has 138 valence electrons. The van der Waals surface area contributed by atoms with E-state index in [4.69, 9.17) is 26.8 Å². The smallest absolute Gasteiger partial charge is 0.220 e. The summed E-state index contributed by atoms with van der Waals surface area (Å²) >= 11 is 6.16. The molecule has 1 saturated carbocycles. The lowest BCUT2D eigenvalue weighted by Gasteiger charge is -2.28. The Balaban J connectivity index is 1.56. The molecule has 0 radical (unpaired) electrons. The molecule has 0 unspecified atom stereocenters. The molecule has 1 aromatic carbocycles. The Morgan fingerprint density at radius 1 is 1.32 bits per heavy atom. The van der Waals surface area contributed by atoms with Crippen LogP contribution in [0.5, 0.6) is 5.75 Å². The van der Waals surface area contributed by atoms with E-state index in [9.17, 15) is 4.79 Å². The molecule has 3 atom stereocenters. The predicted octanol–water partition coefficient (Wildman–Crippen LogP) is 3.03. The van der Waals surface area contributed by atoms with Gasteiger partial charge in [0.1, 0.15) is 12.4 Å². The molecule has 2 fully saturated rings. The van der Waals surface area contributed by atoms with Crippen LogP contribution in [-0.4, -0.2) is 31.3 Å². The number of hydrogen-bond acceptors (Lipinski definition) is 4. The molecule has 6 heteroatoms. The van der Waals surface area contributed by atoms with Crippen molar-refractivity contribution in [2.24, 2.45) is 11.7 Å². The molecule has 0 bridgehead atoms. The van der Waals surface area contributed by atoms with Gasteiger partial charge in [0.05, 0.1) is 6.10 Å². The van der Waals surface area contributed by atoms with Crippen LogP contribution >= 0.6 is 11.6 Å². The summed E-state index contributed by atoms with van der Waals surface area (Å²) in [5, 5.41) is 4.24. The van der Waals surface area contributed by atoms with E-state index < -0.39 is 0 Å². The molecule has 3 N–H and O–H groups in total. The van der Waals surface area contributed by atoms with Gasteiger partial charge in [-0.05, 0) is 50.3 Å². The third kappa shape index (κ3) is 5.33. The largest absolute Gasteiger partial charge is 0.491 e. The highest BCUT2D eigenvalue weighted by Gasteiger charge is 2.25. The number of benzene rings is 1. The second kappa shape index (κ2) is 8.88. The van der Waals surface area contributed by atoms with Crippen LogP contribution in [0.1, 0.15) is 44.1 Å². The van der Waals surface area contributed by atoms with Crippen LogP contribution in [0.25, 0.3) is 0 Å². The number of primary amides is 1. The molecule has 1 amide bonds. The van der Waals surface area contributed by atoms with Crippen molar-refractivity contribution in [3.05, 3.63) is 28.8 Å². The van der Waals surface area contributed by atoms with Crippen LogP contribution in [0, 0.1) is 5.92 Å². The van der Waals surface area contributed by atoms with Gasteiger partial charge >= 0.3 is 0 Å². The van der Waals surface area contributed by atoms with Gasteiger partial charge in [-0.3, -0.25) is 4.79 Å². The molecule has 0 aromatic heterocycles. The first-order valence-corrected chi connectivity index (χ1v) is 9.55. The minimum absolute atomic E-state index is 0.0131. The van der Waals surface area contributed by atoms with Crippen LogP contribution in [0.15, 0.2) is 18.2 Å². The fourth-order valence-corrected chi connectivity index (χ4v) is 3.87. The maximum atomic E-state index is 11.4. The van der Waals surface area contributed by atoms with Crippen molar-refractivity contribution in [2.45, 2.75) is 57.2 Å². The van der Waals surface area contributed by atoms with E-state index in [1.165, 1.54) is 0 Å². The first kappa shape index (κ1) is 18.5. The topological polar surface area (TPSA) is 73.6 Å². The summed E-state index contributed by atoms with van der Waals surface area (Å²) in [5.74, 6) is 0.644. The summed E-state index contributed by atoms with van der Waals surface area (Å²) in [6, 6.07) is 6.01. The molecule has 25 heavy (non-hydrogen) atoms. The van der Waals surface area contributed by atoms with Crippen molar-refractivity contribution in [1.82, 2.24) is 5.32 Å². The van der Waals surface area contributed by atoms with Gasteiger partial charge in [-0.1, -0.05) is 18.0 Å². The molecule has 2 aliphatic rings. The van der Waals surface area contributed by atoms with Crippen molar-refractivity contribution >= 4 is 17.5 Å². The molecule has 1 heterocycles. The maximum absolute atomic E-state index is 11.4. The number of carbonyl (C=O) groups is 1. The van der Waals surface area contributed by atoms with E-state index in [1.54, 1.807) is 0 Å². The second-order valence-electron chi connectivity index (χ2n) is 7.04. The first-order valence-electron chi connectivity index (χ1n) is 9.17. The number of rotatable bonds is 7. The summed E-state index contributed by atoms with van der Waals surface area (Å²) in [4.78, 5) is 11.4. The zero-order valence-corrected chi connectivity index (χ0v) is 15.3. The van der Waals surface area contributed by atoms with Crippen molar-refractivity contribution < 1.29 is 14.3 Å². The van der Waals surface area contributed by atoms with Gasteiger partial charge in [0.25, 0.3) is 0 Å². The Bertz CT molecular complexity index is 590. The SMILES string of the molecule is NC(=O)[C@@H]1CCC[C@H](NCc2cc(Cl)ccc2OC[C@@H]2CCCO2)C1. The highest BCUT2D eigenvalue weighted by Crippen LogP contribution is 2.27. The Kier molecular flexibility index (Phi) is 6.57. The van der Waals surface area contributed by atoms with E-state index in [2.05, 4.69) is 5.32 Å². The molecular formula is C19H27ClN2O3. The standard InChI is InChI=1S/C19H27ClN2O3/c20-15-6-7-18(25-12-17-5-2-8-24-17)14(9-15)11-22-16-4-1-3-13(10-16)19(21)23/h6-7,9,13,16-17,22H,1-5,8,10-12H2,(H2,21,23)/t13-,16+,17+/m1/s1. The summed E-state index contributed by atoms with van der Waals surface area (Å²) in [7, 11) is 0. The molecular weight excluding hydrogens is 340 g/mol. The lowest BCUT2D eigenvalue weighted by Crippen LogP contribution is -2.38. The Morgan fingerprint density at radius 2 is 2.20 bits per heavy atom. The third-order valence-corrected chi connectivity index (χ3v) is 5.36. The molecule has 1 saturated heterocycles. The summed E-state index contributed by atoms with van der Waals surface area (Å²) < 4.78 is 11.6. The van der Waals surface area contributed by atoms with Gasteiger partial charge in [0.15, 0.2) is 0 Å². The Hall–Kier alpha value is -1.30. The number of nitrogens with one attached hydrogen (secondary N) is 1. The van der Waals surface area contributed by atoms with Gasteiger partial charge < -0.3 is 20.5 Å². The number of nitrogens with two attached hydrogens (primary N) is 1. The van der Waals surface area contributed by atoms with E-state index in [-0.39, 0.29) is 17.9 Å². The summed E-state index contributed by atoms with van der Waals surface area (Å²) in [6.07, 6.45) is 6.15. The molecule has 1 aliphatic carbocycles. The van der Waals surface area contributed by atoms with Crippen molar-refractivity contribution in [3.8, 4) is 5.75 Å². The normalized spacial score (nSPS) is 26.5. The summed E-state index contributed by atoms with van der Waals surface area (Å²) in [6.45, 7) is 2.06. The summed E-state index contributed by atoms with van der Waals surface area (Å²) in [5.41, 5.74) is 6.50. The number of hydrogen-bond donors (Lipinski definition) is 2. The third-order valence-electron chi connectivity index (χ3n) is 5.13. The minimum Gasteiger partial charge on any atom is -0.491 e. The van der Waals surface area contributed by atoms with E-state index >= 15 is 0 Å². The second-order valence-corrected chi connectivity index (χ2v) is 7.48. The lowest BCUT2D eigenvalue weighted by molar-refractivity contribution is -0.122. The molecule has 3 rings (SSSR count). The van der Waals surface area contributed by atoms with Crippen LogP contribution < -0.4 is 15.8 Å². The van der Waals surface area contributed by atoms with E-state index in [0.29, 0.717) is 24.2 Å². The number of amides is 1. The Labute approximate surface area is 154 Å². The van der Waals surface area contributed by atoms with Gasteiger partial charge in [-0.15, -0.1) is 0 Å². The van der Waals surface area contributed by atoms with Gasteiger partial charge in [0.2, 0.25) is 5.91 Å². The van der Waals surface area contributed by atoms with Gasteiger partial charge in [-0.2, -0.15) is 0 Å². The first-order chi connectivity index (χ1) is 12.1. The molecule has 1 aromatic rings. The number of ether oxygens (including phenoxy) is 2. The monoisotopic (exact) mass is 366 g/mol. The van der Waals surface area contributed by atoms with Crippen LogP contribution in [0.4, 0.5) is 0 Å². The maximum Gasteiger partial charge on any atom is 0.220 e. The predicted molar refractivity (Wildman–Crippen MR) is 97.7 cm³/mol. The average molecular weight is 367 g/mol. The van der Waals surface area contributed by atoms with E-state index in [1.807, 2.05) is 18.2 Å². The van der Waals surface area contributed by atoms with Crippen LogP contribution in [0.2, 0.25) is 5.02 Å². The fraction of sp³-hybridized carbons (Fsp3) is 0.632. The number of halogens is 1. The van der Waals surface area contributed by atoms with Crippen molar-refractivity contribution in [1.29, 1.82) is 0 Å². The van der Waals surface area contributed by atoms with Crippen LogP contribution in [0.3, 0.4) is 0 Å². The van der Waals surface area contributed by atoms with Crippen molar-refractivity contribution in [2.75, 3.05) is 13.2 Å². The molecule has 5 nitrogen and oxygen atoms in total. The lowest BCUT2D eigenvalue weighted by atomic mass is 9.85. The van der Waals surface area contributed by atoms with Crippen LogP contribution in [-0.2, 0) is 16.1 Å². The quantitative estimate of drug-likeness (QED) is 0.777. The molecule has 0 spiro atoms. The van der Waals surface area contributed by atoms with E-state index in [0.717, 1.165) is 56.4 Å². The van der Waals surface area contributed by atoms with Gasteiger partial charge in [0, 0.05) is 35.7 Å². The zero-order valence-electron chi connectivity index (χ0n) is 14.5. The highest BCUT2D eigenvalue weighted by molar-refractivity contribution is 6.30. The Morgan fingerprint density at radius 3 is 2.96 bits per heavy atom. The van der Waals surface area contributed by atoms with Gasteiger partial charge in [-0.25, -0.2) is 0 Å². The minimum atomic E-state index is -0.185. The fourth-order valence-electron chi connectivity index (χ4n) is 3.67. The van der Waals surface area contributed by atoms with Crippen molar-refractivity contribution in [3.63, 3.8) is 0 Å².